The Labute approximate surface area is 137 Å². The molecular weight excluding hydrogens is 294 g/mol. The molecule has 2 saturated heterocycles. The van der Waals surface area contributed by atoms with Gasteiger partial charge in [-0.15, -0.1) is 0 Å². The third kappa shape index (κ3) is 2.62. The number of hydrogen-bond acceptors (Lipinski definition) is 3. The number of nitrogens with zero attached hydrogens (tertiary/aromatic N) is 2. The van der Waals surface area contributed by atoms with E-state index in [-0.39, 0.29) is 17.7 Å². The van der Waals surface area contributed by atoms with Gasteiger partial charge in [-0.05, 0) is 44.9 Å². The summed E-state index contributed by atoms with van der Waals surface area (Å²) in [4.78, 5) is 41.1. The molecule has 3 atom stereocenters. The first-order valence-electron chi connectivity index (χ1n) is 8.92. The zero-order valence-electron chi connectivity index (χ0n) is 14.1. The first-order chi connectivity index (χ1) is 11.0. The minimum Gasteiger partial charge on any atom is -0.341 e. The normalized spacial score (nSPS) is 33.0. The lowest BCUT2D eigenvalue weighted by atomic mass is 9.73. The molecule has 6 nitrogen and oxygen atoms in total. The molecule has 2 aliphatic heterocycles. The summed E-state index contributed by atoms with van der Waals surface area (Å²) >= 11 is 0. The molecule has 0 aromatic heterocycles. The van der Waals surface area contributed by atoms with Crippen LogP contribution >= 0.6 is 0 Å². The molecule has 4 amide bonds. The zero-order valence-corrected chi connectivity index (χ0v) is 14.1. The molecular formula is C17H27N3O3. The van der Waals surface area contributed by atoms with E-state index in [2.05, 4.69) is 5.32 Å². The number of urea groups is 1. The Hall–Kier alpha value is -1.59. The third-order valence-electron chi connectivity index (χ3n) is 5.86. The van der Waals surface area contributed by atoms with Crippen molar-refractivity contribution in [1.29, 1.82) is 0 Å². The molecule has 3 rings (SSSR count). The SMILES string of the molecule is C[C@@H]1CCCC[C@]12NC(=O)N([C@@H](C)C(=O)N1CCCCC1)C2=O. The Morgan fingerprint density at radius 1 is 1.17 bits per heavy atom. The van der Waals surface area contributed by atoms with Crippen molar-refractivity contribution in [3.63, 3.8) is 0 Å². The first-order valence-corrected chi connectivity index (χ1v) is 8.92. The number of rotatable bonds is 2. The Morgan fingerprint density at radius 2 is 1.87 bits per heavy atom. The van der Waals surface area contributed by atoms with Gasteiger partial charge in [0.05, 0.1) is 0 Å². The van der Waals surface area contributed by atoms with Crippen LogP contribution in [-0.2, 0) is 9.59 Å². The maximum atomic E-state index is 13.0. The molecule has 1 spiro atoms. The van der Waals surface area contributed by atoms with Crippen molar-refractivity contribution in [2.45, 2.75) is 70.4 Å². The van der Waals surface area contributed by atoms with Crippen molar-refractivity contribution in [3.05, 3.63) is 0 Å². The second-order valence-electron chi connectivity index (χ2n) is 7.29. The summed E-state index contributed by atoms with van der Waals surface area (Å²) in [6, 6.07) is -1.12. The molecule has 1 aliphatic carbocycles. The average Bonchev–Trinajstić information content (AvgIpc) is 2.81. The fraction of sp³-hybridized carbons (Fsp3) is 0.824. The van der Waals surface area contributed by atoms with Gasteiger partial charge in [0.15, 0.2) is 0 Å². The monoisotopic (exact) mass is 321 g/mol. The predicted molar refractivity (Wildman–Crippen MR) is 85.6 cm³/mol. The summed E-state index contributed by atoms with van der Waals surface area (Å²) in [5.41, 5.74) is -0.786. The Balaban J connectivity index is 1.78. The van der Waals surface area contributed by atoms with Crippen molar-refractivity contribution < 1.29 is 14.4 Å². The van der Waals surface area contributed by atoms with E-state index in [1.165, 1.54) is 4.90 Å². The fourth-order valence-electron chi connectivity index (χ4n) is 4.30. The van der Waals surface area contributed by atoms with Crippen LogP contribution in [0.2, 0.25) is 0 Å². The van der Waals surface area contributed by atoms with E-state index in [0.717, 1.165) is 51.6 Å². The Kier molecular flexibility index (Phi) is 4.34. The molecule has 1 saturated carbocycles. The van der Waals surface area contributed by atoms with Crippen molar-refractivity contribution in [1.82, 2.24) is 15.1 Å². The van der Waals surface area contributed by atoms with Gasteiger partial charge < -0.3 is 10.2 Å². The van der Waals surface area contributed by atoms with Crippen LogP contribution in [-0.4, -0.2) is 52.3 Å². The molecule has 2 heterocycles. The van der Waals surface area contributed by atoms with Crippen LogP contribution in [0.4, 0.5) is 4.79 Å². The van der Waals surface area contributed by atoms with Gasteiger partial charge in [-0.1, -0.05) is 19.8 Å². The van der Waals surface area contributed by atoms with Crippen LogP contribution in [0.25, 0.3) is 0 Å². The molecule has 0 aromatic carbocycles. The molecule has 23 heavy (non-hydrogen) atoms. The van der Waals surface area contributed by atoms with Gasteiger partial charge in [0.2, 0.25) is 5.91 Å². The molecule has 6 heteroatoms. The minimum atomic E-state index is -0.786. The summed E-state index contributed by atoms with van der Waals surface area (Å²) in [5, 5.41) is 2.92. The van der Waals surface area contributed by atoms with Gasteiger partial charge in [0.25, 0.3) is 5.91 Å². The molecule has 128 valence electrons. The highest BCUT2D eigenvalue weighted by atomic mass is 16.2. The lowest BCUT2D eigenvalue weighted by Gasteiger charge is -2.37. The van der Waals surface area contributed by atoms with E-state index in [1.807, 2.05) is 6.92 Å². The van der Waals surface area contributed by atoms with Crippen LogP contribution in [0.3, 0.4) is 0 Å². The third-order valence-corrected chi connectivity index (χ3v) is 5.86. The number of hydrogen-bond donors (Lipinski definition) is 1. The molecule has 0 aromatic rings. The summed E-state index contributed by atoms with van der Waals surface area (Å²) in [6.07, 6.45) is 6.79. The van der Waals surface area contributed by atoms with Crippen LogP contribution in [0.1, 0.15) is 58.8 Å². The fourth-order valence-corrected chi connectivity index (χ4v) is 4.30. The maximum Gasteiger partial charge on any atom is 0.325 e. The molecule has 3 fully saturated rings. The second-order valence-corrected chi connectivity index (χ2v) is 7.29. The minimum absolute atomic E-state index is 0.103. The van der Waals surface area contributed by atoms with Crippen LogP contribution in [0.5, 0.6) is 0 Å². The quantitative estimate of drug-likeness (QED) is 0.790. The number of likely N-dealkylation sites (tertiary alicyclic amines) is 1. The van der Waals surface area contributed by atoms with E-state index in [0.29, 0.717) is 6.42 Å². The molecule has 3 aliphatic rings. The first kappa shape index (κ1) is 16.3. The topological polar surface area (TPSA) is 69.7 Å². The van der Waals surface area contributed by atoms with E-state index in [1.54, 1.807) is 11.8 Å². The van der Waals surface area contributed by atoms with Gasteiger partial charge in [-0.25, -0.2) is 9.69 Å². The Morgan fingerprint density at radius 3 is 2.52 bits per heavy atom. The highest BCUT2D eigenvalue weighted by Crippen LogP contribution is 2.38. The van der Waals surface area contributed by atoms with Crippen LogP contribution < -0.4 is 5.32 Å². The predicted octanol–water partition coefficient (Wildman–Crippen LogP) is 1.89. The summed E-state index contributed by atoms with van der Waals surface area (Å²) in [7, 11) is 0. The number of imide groups is 1. The van der Waals surface area contributed by atoms with Crippen molar-refractivity contribution in [3.8, 4) is 0 Å². The number of piperidine rings is 1. The Bertz CT molecular complexity index is 515. The number of nitrogens with one attached hydrogen (secondary N) is 1. The number of amides is 4. The van der Waals surface area contributed by atoms with E-state index >= 15 is 0 Å². The highest BCUT2D eigenvalue weighted by Gasteiger charge is 2.56. The van der Waals surface area contributed by atoms with Crippen molar-refractivity contribution >= 4 is 17.8 Å². The van der Waals surface area contributed by atoms with E-state index in [4.69, 9.17) is 0 Å². The highest BCUT2D eigenvalue weighted by molar-refractivity contribution is 6.10. The number of carbonyl (C=O) groups excluding carboxylic acids is 3. The second kappa shape index (κ2) is 6.13. The summed E-state index contributed by atoms with van der Waals surface area (Å²) < 4.78 is 0. The van der Waals surface area contributed by atoms with Gasteiger partial charge in [0.1, 0.15) is 11.6 Å². The van der Waals surface area contributed by atoms with Crippen LogP contribution in [0.15, 0.2) is 0 Å². The number of carbonyl (C=O) groups is 3. The lowest BCUT2D eigenvalue weighted by Crippen LogP contribution is -2.55. The van der Waals surface area contributed by atoms with Gasteiger partial charge in [-0.3, -0.25) is 9.59 Å². The average molecular weight is 321 g/mol. The maximum absolute atomic E-state index is 13.0. The van der Waals surface area contributed by atoms with Crippen molar-refractivity contribution in [2.75, 3.05) is 13.1 Å². The standard InChI is InChI=1S/C17H27N3O3/c1-12-8-4-5-9-17(12)15(22)20(16(23)18-17)13(2)14(21)19-10-6-3-7-11-19/h12-13H,3-11H2,1-2H3,(H,18,23)/t12-,13+,17+/m1/s1. The van der Waals surface area contributed by atoms with Gasteiger partial charge >= 0.3 is 6.03 Å². The lowest BCUT2D eigenvalue weighted by molar-refractivity contribution is -0.144. The molecule has 0 radical (unpaired) electrons. The van der Waals surface area contributed by atoms with Crippen molar-refractivity contribution in [2.24, 2.45) is 5.92 Å². The van der Waals surface area contributed by atoms with Gasteiger partial charge in [0, 0.05) is 13.1 Å². The summed E-state index contributed by atoms with van der Waals surface area (Å²) in [5.74, 6) is -0.184. The largest absolute Gasteiger partial charge is 0.341 e. The smallest absolute Gasteiger partial charge is 0.325 e. The summed E-state index contributed by atoms with van der Waals surface area (Å²) in [6.45, 7) is 5.17. The molecule has 0 bridgehead atoms. The van der Waals surface area contributed by atoms with E-state index in [9.17, 15) is 14.4 Å². The van der Waals surface area contributed by atoms with E-state index < -0.39 is 17.6 Å². The van der Waals surface area contributed by atoms with Crippen LogP contribution in [0, 0.1) is 5.92 Å². The molecule has 0 unspecified atom stereocenters. The van der Waals surface area contributed by atoms with Gasteiger partial charge in [-0.2, -0.15) is 0 Å². The zero-order chi connectivity index (χ0) is 16.6. The molecule has 1 N–H and O–H groups in total.